The van der Waals surface area contributed by atoms with Gasteiger partial charge in [-0.25, -0.2) is 9.67 Å². The molecule has 6 rings (SSSR count). The van der Waals surface area contributed by atoms with Crippen molar-refractivity contribution in [3.8, 4) is 17.5 Å². The molecule has 3 fully saturated rings. The number of hydrogen-bond acceptors (Lipinski definition) is 7. The van der Waals surface area contributed by atoms with Gasteiger partial charge in [0.1, 0.15) is 29.0 Å². The lowest BCUT2D eigenvalue weighted by Crippen LogP contribution is -2.44. The second kappa shape index (κ2) is 7.82. The highest BCUT2D eigenvalue weighted by Crippen LogP contribution is 2.51. The fourth-order valence-corrected chi connectivity index (χ4v) is 5.14. The normalized spacial score (nSPS) is 24.7. The maximum atomic E-state index is 10.0. The second-order valence-corrected chi connectivity index (χ2v) is 9.51. The van der Waals surface area contributed by atoms with E-state index in [1.54, 1.807) is 0 Å². The van der Waals surface area contributed by atoms with E-state index in [2.05, 4.69) is 24.0 Å². The van der Waals surface area contributed by atoms with Gasteiger partial charge in [-0.15, -0.1) is 0 Å². The van der Waals surface area contributed by atoms with Crippen LogP contribution in [0.2, 0.25) is 0 Å². The van der Waals surface area contributed by atoms with Crippen molar-refractivity contribution in [3.05, 3.63) is 23.9 Å². The lowest BCUT2D eigenvalue weighted by atomic mass is 9.96. The summed E-state index contributed by atoms with van der Waals surface area (Å²) in [6.07, 6.45) is 6.91. The van der Waals surface area contributed by atoms with Crippen molar-refractivity contribution < 1.29 is 9.47 Å². The van der Waals surface area contributed by atoms with Crippen LogP contribution >= 0.6 is 0 Å². The number of fused-ring (bicyclic) bond motifs is 1. The summed E-state index contributed by atoms with van der Waals surface area (Å²) in [6, 6.07) is 6.90. The highest BCUT2D eigenvalue weighted by Gasteiger charge is 2.47. The molecule has 1 aliphatic carbocycles. The molecule has 33 heavy (non-hydrogen) atoms. The Kier molecular flexibility index (Phi) is 4.89. The Hall–Kier alpha value is -2.96. The monoisotopic (exact) mass is 447 g/mol. The van der Waals surface area contributed by atoms with Gasteiger partial charge in [0, 0.05) is 32.0 Å². The van der Waals surface area contributed by atoms with E-state index in [0.717, 1.165) is 79.1 Å². The summed E-state index contributed by atoms with van der Waals surface area (Å²) in [4.78, 5) is 7.38. The molecule has 5 heterocycles. The second-order valence-electron chi connectivity index (χ2n) is 9.51. The molecule has 1 saturated carbocycles. The maximum absolute atomic E-state index is 10.0. The number of rotatable bonds is 4. The zero-order chi connectivity index (χ0) is 22.6. The van der Waals surface area contributed by atoms with Gasteiger partial charge in [0.2, 0.25) is 0 Å². The first-order valence-corrected chi connectivity index (χ1v) is 11.9. The maximum Gasteiger partial charge on any atom is 0.150 e. The third-order valence-corrected chi connectivity index (χ3v) is 7.22. The fraction of sp³-hybridized carbons (Fsp3) is 0.583. The van der Waals surface area contributed by atoms with Crippen molar-refractivity contribution in [1.29, 1.82) is 5.26 Å². The minimum absolute atomic E-state index is 0.0240. The topological polar surface area (TPSA) is 94.0 Å². The molecule has 0 bridgehead atoms. The predicted octanol–water partition coefficient (Wildman–Crippen LogP) is 3.31. The van der Waals surface area contributed by atoms with E-state index in [1.165, 1.54) is 0 Å². The molecule has 9 nitrogen and oxygen atoms in total. The van der Waals surface area contributed by atoms with Crippen molar-refractivity contribution in [3.63, 3.8) is 0 Å². The average Bonchev–Trinajstić information content (AvgIpc) is 3.37. The molecule has 2 aliphatic heterocycles. The highest BCUT2D eigenvalue weighted by atomic mass is 16.5. The molecule has 9 heteroatoms. The van der Waals surface area contributed by atoms with E-state index in [-0.39, 0.29) is 12.3 Å². The molecule has 0 aromatic carbocycles. The molecule has 172 valence electrons. The minimum atomic E-state index is -0.453. The molecule has 3 aromatic heterocycles. The predicted molar refractivity (Wildman–Crippen MR) is 123 cm³/mol. The third kappa shape index (κ3) is 3.40. The van der Waals surface area contributed by atoms with Crippen molar-refractivity contribution in [2.24, 2.45) is 7.05 Å². The lowest BCUT2D eigenvalue weighted by molar-refractivity contribution is -0.0393. The van der Waals surface area contributed by atoms with Gasteiger partial charge >= 0.3 is 0 Å². The number of anilines is 1. The molecule has 2 saturated heterocycles. The largest absolute Gasteiger partial charge is 0.377 e. The molecule has 2 atom stereocenters. The number of nitrogens with zero attached hydrogens (tertiary/aromatic N) is 7. The van der Waals surface area contributed by atoms with E-state index in [4.69, 9.17) is 24.7 Å². The molecule has 3 aromatic rings. The summed E-state index contributed by atoms with van der Waals surface area (Å²) in [5.74, 6) is 0.888. The average molecular weight is 448 g/mol. The van der Waals surface area contributed by atoms with Crippen LogP contribution < -0.4 is 4.90 Å². The Morgan fingerprint density at radius 1 is 1.21 bits per heavy atom. The fourth-order valence-electron chi connectivity index (χ4n) is 5.14. The minimum Gasteiger partial charge on any atom is -0.377 e. The van der Waals surface area contributed by atoms with Gasteiger partial charge in [-0.1, -0.05) is 0 Å². The summed E-state index contributed by atoms with van der Waals surface area (Å²) < 4.78 is 15.3. The van der Waals surface area contributed by atoms with Crippen LogP contribution in [0.15, 0.2) is 18.3 Å². The standard InChI is InChI=1S/C24H29N7O2/c1-16-14-32-12-10-30(16)19-13-17(24(15-25)7-8-24)23-22(26-19)21(28-29(23)2)18-6-9-31(27-18)20-5-3-4-11-33-20/h6,9,13,16,20H,3-5,7-8,10-12,14H2,1-2H3/t16-,20?/m1/s1. The summed E-state index contributed by atoms with van der Waals surface area (Å²) in [5, 5.41) is 19.7. The number of ether oxygens (including phenoxy) is 2. The van der Waals surface area contributed by atoms with Gasteiger partial charge in [-0.3, -0.25) is 4.68 Å². The van der Waals surface area contributed by atoms with Crippen molar-refractivity contribution >= 4 is 16.9 Å². The quantitative estimate of drug-likeness (QED) is 0.606. The van der Waals surface area contributed by atoms with Gasteiger partial charge in [0.05, 0.1) is 36.3 Å². The van der Waals surface area contributed by atoms with Crippen LogP contribution in [0, 0.1) is 11.3 Å². The van der Waals surface area contributed by atoms with Crippen LogP contribution in [-0.2, 0) is 21.9 Å². The molecule has 0 spiro atoms. The van der Waals surface area contributed by atoms with Gasteiger partial charge in [0.25, 0.3) is 0 Å². The first-order chi connectivity index (χ1) is 16.1. The number of aryl methyl sites for hydroxylation is 1. The van der Waals surface area contributed by atoms with Crippen molar-refractivity contribution in [1.82, 2.24) is 24.5 Å². The number of aromatic nitrogens is 5. The molecule has 0 amide bonds. The zero-order valence-corrected chi connectivity index (χ0v) is 19.2. The van der Waals surface area contributed by atoms with Crippen molar-refractivity contribution in [2.75, 3.05) is 31.3 Å². The number of morpholine rings is 1. The van der Waals surface area contributed by atoms with Gasteiger partial charge in [-0.05, 0) is 51.2 Å². The SMILES string of the molecule is C[C@@H]1COCCN1c1cc(C2(C#N)CC2)c2c(n1)c(-c1ccn(C3CCCCO3)n1)nn2C. The Morgan fingerprint density at radius 3 is 2.82 bits per heavy atom. The van der Waals surface area contributed by atoms with Crippen LogP contribution in [0.1, 0.15) is 50.8 Å². The summed E-state index contributed by atoms with van der Waals surface area (Å²) in [5.41, 5.74) is 3.84. The summed E-state index contributed by atoms with van der Waals surface area (Å²) in [6.45, 7) is 5.05. The van der Waals surface area contributed by atoms with Crippen LogP contribution in [0.25, 0.3) is 22.4 Å². The van der Waals surface area contributed by atoms with Crippen LogP contribution in [0.4, 0.5) is 5.82 Å². The first kappa shape index (κ1) is 20.6. The zero-order valence-electron chi connectivity index (χ0n) is 19.2. The molecular formula is C24H29N7O2. The van der Waals surface area contributed by atoms with Gasteiger partial charge in [0.15, 0.2) is 0 Å². The van der Waals surface area contributed by atoms with Gasteiger partial charge in [-0.2, -0.15) is 15.5 Å². The van der Waals surface area contributed by atoms with E-state index < -0.39 is 5.41 Å². The number of nitriles is 1. The summed E-state index contributed by atoms with van der Waals surface area (Å²) in [7, 11) is 1.93. The molecular weight excluding hydrogens is 418 g/mol. The van der Waals surface area contributed by atoms with E-state index in [1.807, 2.05) is 28.7 Å². The van der Waals surface area contributed by atoms with Crippen LogP contribution in [0.3, 0.4) is 0 Å². The Labute approximate surface area is 192 Å². The Bertz CT molecular complexity index is 1230. The Morgan fingerprint density at radius 2 is 2.09 bits per heavy atom. The molecule has 1 unspecified atom stereocenters. The van der Waals surface area contributed by atoms with Gasteiger partial charge < -0.3 is 14.4 Å². The Balaban J connectivity index is 1.49. The molecule has 3 aliphatic rings. The van der Waals surface area contributed by atoms with Crippen molar-refractivity contribution in [2.45, 2.75) is 56.7 Å². The highest BCUT2D eigenvalue weighted by molar-refractivity contribution is 5.93. The first-order valence-electron chi connectivity index (χ1n) is 11.9. The smallest absolute Gasteiger partial charge is 0.150 e. The van der Waals surface area contributed by atoms with E-state index >= 15 is 0 Å². The van der Waals surface area contributed by atoms with Crippen LogP contribution in [0.5, 0.6) is 0 Å². The van der Waals surface area contributed by atoms with E-state index in [0.29, 0.717) is 13.2 Å². The number of hydrogen-bond donors (Lipinski definition) is 0. The third-order valence-electron chi connectivity index (χ3n) is 7.22. The van der Waals surface area contributed by atoms with Crippen LogP contribution in [-0.4, -0.2) is 57.0 Å². The number of pyridine rings is 1. The summed E-state index contributed by atoms with van der Waals surface area (Å²) >= 11 is 0. The van der Waals surface area contributed by atoms with E-state index in [9.17, 15) is 5.26 Å². The molecule has 0 radical (unpaired) electrons. The molecule has 0 N–H and O–H groups in total. The lowest BCUT2D eigenvalue weighted by Gasteiger charge is -2.34.